The topological polar surface area (TPSA) is 51.2 Å². The van der Waals surface area contributed by atoms with Gasteiger partial charge in [-0.2, -0.15) is 0 Å². The van der Waals surface area contributed by atoms with Crippen LogP contribution >= 0.6 is 0 Å². The molecule has 1 N–H and O–H groups in total. The van der Waals surface area contributed by atoms with Gasteiger partial charge in [-0.05, 0) is 43.2 Å². The molecule has 0 bridgehead atoms. The van der Waals surface area contributed by atoms with E-state index >= 15 is 0 Å². The largest absolute Gasteiger partial charge is 0.494 e. The van der Waals surface area contributed by atoms with Crippen molar-refractivity contribution in [3.63, 3.8) is 0 Å². The first-order valence-electron chi connectivity index (χ1n) is 8.71. The Morgan fingerprint density at radius 2 is 2.00 bits per heavy atom. The number of fused-ring (bicyclic) bond motifs is 1. The summed E-state index contributed by atoms with van der Waals surface area (Å²) in [7, 11) is 0. The van der Waals surface area contributed by atoms with Crippen molar-refractivity contribution in [1.82, 2.24) is 10.3 Å². The third kappa shape index (κ3) is 4.93. The molecule has 0 aliphatic carbocycles. The van der Waals surface area contributed by atoms with Gasteiger partial charge in [0.25, 0.3) is 0 Å². The fraction of sp³-hybridized carbons (Fsp3) is 0.182. The van der Waals surface area contributed by atoms with Crippen LogP contribution in [0.3, 0.4) is 0 Å². The summed E-state index contributed by atoms with van der Waals surface area (Å²) < 4.78 is 5.67. The summed E-state index contributed by atoms with van der Waals surface area (Å²) in [5.74, 6) is 0.744. The van der Waals surface area contributed by atoms with Crippen LogP contribution < -0.4 is 10.1 Å². The number of hydrogen-bond acceptors (Lipinski definition) is 3. The Morgan fingerprint density at radius 3 is 2.88 bits per heavy atom. The van der Waals surface area contributed by atoms with Crippen LogP contribution in [-0.2, 0) is 4.79 Å². The van der Waals surface area contributed by atoms with Gasteiger partial charge in [0.05, 0.1) is 12.1 Å². The van der Waals surface area contributed by atoms with Gasteiger partial charge >= 0.3 is 0 Å². The highest BCUT2D eigenvalue weighted by molar-refractivity contribution is 5.95. The molecule has 3 aromatic rings. The maximum absolute atomic E-state index is 12.0. The molecule has 132 valence electrons. The molecule has 0 radical (unpaired) electrons. The summed E-state index contributed by atoms with van der Waals surface area (Å²) in [6, 6.07) is 17.8. The monoisotopic (exact) mass is 346 g/mol. The van der Waals surface area contributed by atoms with Gasteiger partial charge in [0.1, 0.15) is 5.75 Å². The molecule has 1 aromatic heterocycles. The lowest BCUT2D eigenvalue weighted by atomic mass is 10.1. The molecule has 0 unspecified atom stereocenters. The number of carbonyl (C=O) groups excluding carboxylic acids is 1. The predicted octanol–water partition coefficient (Wildman–Crippen LogP) is 4.14. The minimum atomic E-state index is -0.117. The zero-order valence-electron chi connectivity index (χ0n) is 14.8. The van der Waals surface area contributed by atoms with E-state index < -0.39 is 0 Å². The summed E-state index contributed by atoms with van der Waals surface area (Å²) in [6.07, 6.45) is 5.86. The molecular formula is C22H22N2O2. The van der Waals surface area contributed by atoms with Gasteiger partial charge in [0, 0.05) is 29.8 Å². The summed E-state index contributed by atoms with van der Waals surface area (Å²) in [4.78, 5) is 16.4. The van der Waals surface area contributed by atoms with Crippen LogP contribution in [0.4, 0.5) is 0 Å². The summed E-state index contributed by atoms with van der Waals surface area (Å²) in [5.41, 5.74) is 3.00. The first kappa shape index (κ1) is 17.7. The number of nitrogens with zero attached hydrogens (tertiary/aromatic N) is 1. The average Bonchev–Trinajstić information content (AvgIpc) is 2.66. The normalized spacial score (nSPS) is 11.0. The van der Waals surface area contributed by atoms with E-state index in [0.717, 1.165) is 28.6 Å². The molecule has 2 aromatic carbocycles. The van der Waals surface area contributed by atoms with Crippen molar-refractivity contribution >= 4 is 22.9 Å². The molecule has 0 spiro atoms. The van der Waals surface area contributed by atoms with Crippen molar-refractivity contribution in [2.24, 2.45) is 0 Å². The minimum Gasteiger partial charge on any atom is -0.494 e. The van der Waals surface area contributed by atoms with Crippen LogP contribution in [-0.4, -0.2) is 24.0 Å². The molecule has 0 atom stereocenters. The van der Waals surface area contributed by atoms with Crippen molar-refractivity contribution in [3.05, 3.63) is 78.0 Å². The van der Waals surface area contributed by atoms with E-state index in [-0.39, 0.29) is 5.91 Å². The number of para-hydroxylation sites is 1. The van der Waals surface area contributed by atoms with E-state index in [0.29, 0.717) is 13.2 Å². The molecule has 4 heteroatoms. The van der Waals surface area contributed by atoms with Crippen molar-refractivity contribution in [1.29, 1.82) is 0 Å². The lowest BCUT2D eigenvalue weighted by Gasteiger charge is -2.07. The van der Waals surface area contributed by atoms with E-state index in [9.17, 15) is 4.79 Å². The molecule has 0 saturated carbocycles. The lowest BCUT2D eigenvalue weighted by Crippen LogP contribution is -2.23. The SMILES string of the molecule is Cc1cccc(OCCCNC(=O)/C=C/c2cccc3cccnc23)c1. The van der Waals surface area contributed by atoms with Crippen molar-refractivity contribution < 1.29 is 9.53 Å². The van der Waals surface area contributed by atoms with E-state index in [1.165, 1.54) is 5.56 Å². The maximum Gasteiger partial charge on any atom is 0.244 e. The van der Waals surface area contributed by atoms with E-state index in [4.69, 9.17) is 4.74 Å². The average molecular weight is 346 g/mol. The van der Waals surface area contributed by atoms with E-state index in [2.05, 4.69) is 10.3 Å². The third-order valence-corrected chi connectivity index (χ3v) is 3.96. The first-order chi connectivity index (χ1) is 12.7. The number of amides is 1. The Kier molecular flexibility index (Phi) is 5.99. The number of ether oxygens (including phenoxy) is 1. The zero-order chi connectivity index (χ0) is 18.2. The minimum absolute atomic E-state index is 0.117. The highest BCUT2D eigenvalue weighted by Crippen LogP contribution is 2.17. The molecule has 1 heterocycles. The van der Waals surface area contributed by atoms with Gasteiger partial charge in [0.15, 0.2) is 0 Å². The molecule has 3 rings (SSSR count). The van der Waals surface area contributed by atoms with Crippen molar-refractivity contribution in [3.8, 4) is 5.75 Å². The van der Waals surface area contributed by atoms with Gasteiger partial charge in [-0.25, -0.2) is 0 Å². The second kappa shape index (κ2) is 8.81. The number of aromatic nitrogens is 1. The maximum atomic E-state index is 12.0. The predicted molar refractivity (Wildman–Crippen MR) is 105 cm³/mol. The molecule has 1 amide bonds. The molecular weight excluding hydrogens is 324 g/mol. The number of carbonyl (C=O) groups is 1. The van der Waals surface area contributed by atoms with Gasteiger partial charge in [-0.15, -0.1) is 0 Å². The second-order valence-electron chi connectivity index (χ2n) is 6.07. The molecule has 0 aliphatic heterocycles. The van der Waals surface area contributed by atoms with Crippen molar-refractivity contribution in [2.45, 2.75) is 13.3 Å². The number of hydrogen-bond donors (Lipinski definition) is 1. The Hall–Kier alpha value is -3.14. The fourth-order valence-electron chi connectivity index (χ4n) is 2.67. The molecule has 4 nitrogen and oxygen atoms in total. The van der Waals surface area contributed by atoms with Crippen LogP contribution in [0.15, 0.2) is 66.9 Å². The number of pyridine rings is 1. The number of nitrogens with one attached hydrogen (secondary N) is 1. The number of benzene rings is 2. The molecule has 0 saturated heterocycles. The van der Waals surface area contributed by atoms with E-state index in [1.807, 2.05) is 61.5 Å². The van der Waals surface area contributed by atoms with Crippen LogP contribution in [0.2, 0.25) is 0 Å². The highest BCUT2D eigenvalue weighted by atomic mass is 16.5. The summed E-state index contributed by atoms with van der Waals surface area (Å²) in [6.45, 7) is 3.17. The Balaban J connectivity index is 1.44. The molecule has 0 fully saturated rings. The van der Waals surface area contributed by atoms with Crippen LogP contribution in [0.25, 0.3) is 17.0 Å². The fourth-order valence-corrected chi connectivity index (χ4v) is 2.67. The van der Waals surface area contributed by atoms with Crippen LogP contribution in [0.5, 0.6) is 5.75 Å². The van der Waals surface area contributed by atoms with Crippen LogP contribution in [0.1, 0.15) is 17.5 Å². The van der Waals surface area contributed by atoms with Crippen LogP contribution in [0, 0.1) is 6.92 Å². The van der Waals surface area contributed by atoms with Gasteiger partial charge in [-0.1, -0.05) is 36.4 Å². The first-order valence-corrected chi connectivity index (χ1v) is 8.71. The smallest absolute Gasteiger partial charge is 0.244 e. The quantitative estimate of drug-likeness (QED) is 0.517. The van der Waals surface area contributed by atoms with E-state index in [1.54, 1.807) is 18.3 Å². The summed E-state index contributed by atoms with van der Waals surface area (Å²) >= 11 is 0. The third-order valence-electron chi connectivity index (χ3n) is 3.96. The zero-order valence-corrected chi connectivity index (χ0v) is 14.8. The Labute approximate surface area is 153 Å². The standard InChI is InChI=1S/C22H22N2O2/c1-17-6-2-10-20(16-17)26-15-5-14-23-21(25)12-11-19-8-3-7-18-9-4-13-24-22(18)19/h2-4,6-13,16H,5,14-15H2,1H3,(H,23,25)/b12-11+. The summed E-state index contributed by atoms with van der Waals surface area (Å²) in [5, 5.41) is 3.93. The Bertz CT molecular complexity index is 913. The molecule has 0 aliphatic rings. The van der Waals surface area contributed by atoms with Gasteiger partial charge in [0.2, 0.25) is 5.91 Å². The number of aryl methyl sites for hydroxylation is 1. The lowest BCUT2D eigenvalue weighted by molar-refractivity contribution is -0.116. The highest BCUT2D eigenvalue weighted by Gasteiger charge is 2.00. The van der Waals surface area contributed by atoms with Gasteiger partial charge in [-0.3, -0.25) is 9.78 Å². The Morgan fingerprint density at radius 1 is 1.15 bits per heavy atom. The van der Waals surface area contributed by atoms with Gasteiger partial charge < -0.3 is 10.1 Å². The molecule has 26 heavy (non-hydrogen) atoms. The second-order valence-corrected chi connectivity index (χ2v) is 6.07. The number of rotatable bonds is 7. The van der Waals surface area contributed by atoms with Crippen molar-refractivity contribution in [2.75, 3.05) is 13.2 Å².